The van der Waals surface area contributed by atoms with Gasteiger partial charge in [0.05, 0.1) is 9.79 Å². The maximum Gasteiger partial charge on any atom is 0.366 e. The van der Waals surface area contributed by atoms with Crippen LogP contribution in [-0.2, 0) is 42.0 Å². The first-order chi connectivity index (χ1) is 17.7. The Morgan fingerprint density at radius 1 is 0.649 bits per heavy atom. The normalized spacial score (nSPS) is 13.6. The molecule has 0 saturated carbocycles. The lowest BCUT2D eigenvalue weighted by atomic mass is 10.1. The van der Waals surface area contributed by atoms with E-state index in [0.29, 0.717) is 5.56 Å². The van der Waals surface area contributed by atoms with Gasteiger partial charge in [-0.3, -0.25) is 0 Å². The highest BCUT2D eigenvalue weighted by atomic mass is 32.3. The van der Waals surface area contributed by atoms with Gasteiger partial charge in [0.1, 0.15) is 6.61 Å². The molecule has 0 aliphatic carbocycles. The predicted molar refractivity (Wildman–Crippen MR) is 135 cm³/mol. The number of rotatable bonds is 9. The minimum atomic E-state index is -5.17. The molecule has 0 aliphatic heterocycles. The van der Waals surface area contributed by atoms with Crippen LogP contribution in [0.5, 0.6) is 0 Å². The number of halogens is 1. The zero-order valence-corrected chi connectivity index (χ0v) is 21.0. The smallest absolute Gasteiger partial charge is 0.366 e. The van der Waals surface area contributed by atoms with Gasteiger partial charge in [-0.25, -0.2) is 26.0 Å². The van der Waals surface area contributed by atoms with Crippen molar-refractivity contribution >= 4 is 26.0 Å². The molecule has 0 aliphatic rings. The molecule has 4 rings (SSSR count). The molecular formula is C27H22FNO6S2. The molecule has 7 nitrogen and oxygen atoms in total. The first-order valence-electron chi connectivity index (χ1n) is 11.0. The predicted octanol–water partition coefficient (Wildman–Crippen LogP) is 4.63. The molecule has 0 radical (unpaired) electrons. The second-order valence-electron chi connectivity index (χ2n) is 7.88. The van der Waals surface area contributed by atoms with Crippen molar-refractivity contribution in [2.45, 2.75) is 22.2 Å². The lowest BCUT2D eigenvalue weighted by Crippen LogP contribution is -2.54. The molecule has 190 valence electrons. The van der Waals surface area contributed by atoms with Gasteiger partial charge in [-0.1, -0.05) is 97.1 Å². The van der Waals surface area contributed by atoms with Crippen LogP contribution in [0.25, 0.3) is 0 Å². The molecule has 0 fully saturated rings. The Balaban J connectivity index is 1.95. The van der Waals surface area contributed by atoms with Crippen molar-refractivity contribution in [3.8, 4) is 0 Å². The minimum absolute atomic E-state index is 0.389. The van der Waals surface area contributed by atoms with Gasteiger partial charge >= 0.3 is 11.8 Å². The van der Waals surface area contributed by atoms with Crippen molar-refractivity contribution in [2.24, 2.45) is 0 Å². The van der Waals surface area contributed by atoms with Gasteiger partial charge in [-0.2, -0.15) is 0 Å². The Labute approximate surface area is 214 Å². The van der Waals surface area contributed by atoms with Gasteiger partial charge in [-0.15, -0.1) is 0 Å². The highest BCUT2D eigenvalue weighted by Crippen LogP contribution is 2.41. The van der Waals surface area contributed by atoms with Crippen LogP contribution in [0.4, 0.5) is 4.39 Å². The number of hydrogen-bond acceptors (Lipinski definition) is 6. The number of alkyl halides is 1. The van der Waals surface area contributed by atoms with E-state index in [1.807, 2.05) is 0 Å². The summed E-state index contributed by atoms with van der Waals surface area (Å²) in [6.07, 6.45) is 0. The van der Waals surface area contributed by atoms with Crippen LogP contribution in [-0.4, -0.2) is 26.5 Å². The second-order valence-corrected chi connectivity index (χ2v) is 11.7. The zero-order valence-electron chi connectivity index (χ0n) is 19.3. The van der Waals surface area contributed by atoms with E-state index < -0.39 is 53.8 Å². The lowest BCUT2D eigenvalue weighted by molar-refractivity contribution is -0.166. The first-order valence-corrected chi connectivity index (χ1v) is 13.9. The molecule has 0 spiro atoms. The van der Waals surface area contributed by atoms with Crippen molar-refractivity contribution in [1.82, 2.24) is 3.71 Å². The number of carbonyl (C=O) groups is 1. The quantitative estimate of drug-likeness (QED) is 0.227. The second kappa shape index (κ2) is 10.6. The average molecular weight is 540 g/mol. The molecule has 0 bridgehead atoms. The van der Waals surface area contributed by atoms with Crippen molar-refractivity contribution in [2.75, 3.05) is 0 Å². The summed E-state index contributed by atoms with van der Waals surface area (Å²) in [5, 5.41) is 0. The van der Waals surface area contributed by atoms with Crippen molar-refractivity contribution in [3.05, 3.63) is 132 Å². The molecule has 10 heteroatoms. The number of esters is 1. The van der Waals surface area contributed by atoms with Crippen LogP contribution in [0.15, 0.2) is 131 Å². The van der Waals surface area contributed by atoms with E-state index in [4.69, 9.17) is 4.74 Å². The number of carbonyl (C=O) groups excluding carboxylic acids is 1. The standard InChI is InChI=1S/C27H22FNO6S2/c28-27(23-15-7-2-8-16-23,26(30)35-21-22-13-5-1-6-14-22)29(36(31,32)24-17-9-3-10-18-24)37(33,34)25-19-11-4-12-20-25/h1-20H,21H2. The molecule has 4 aromatic rings. The van der Waals surface area contributed by atoms with Gasteiger partial charge < -0.3 is 4.74 Å². The van der Waals surface area contributed by atoms with E-state index in [0.717, 1.165) is 36.4 Å². The van der Waals surface area contributed by atoms with Gasteiger partial charge in [-0.05, 0) is 33.5 Å². The molecule has 4 aromatic carbocycles. The summed E-state index contributed by atoms with van der Waals surface area (Å²) in [5.41, 5.74) is -0.0401. The average Bonchev–Trinajstić information content (AvgIpc) is 2.93. The van der Waals surface area contributed by atoms with Crippen LogP contribution >= 0.6 is 0 Å². The van der Waals surface area contributed by atoms with E-state index in [1.165, 1.54) is 54.6 Å². The zero-order chi connectivity index (χ0) is 26.5. The van der Waals surface area contributed by atoms with Crippen LogP contribution in [0.3, 0.4) is 0 Å². The fraction of sp³-hybridized carbons (Fsp3) is 0.0741. The molecule has 0 N–H and O–H groups in total. The number of hydrogen-bond donors (Lipinski definition) is 0. The molecule has 0 heterocycles. The van der Waals surface area contributed by atoms with Gasteiger partial charge in [0.2, 0.25) is 0 Å². The van der Waals surface area contributed by atoms with Gasteiger partial charge in [0.25, 0.3) is 20.0 Å². The summed E-state index contributed by atoms with van der Waals surface area (Å²) in [7, 11) is -10.3. The Morgan fingerprint density at radius 2 is 1.03 bits per heavy atom. The number of sulfonamides is 2. The molecular weight excluding hydrogens is 517 g/mol. The number of nitrogens with zero attached hydrogens (tertiary/aromatic N) is 1. The van der Waals surface area contributed by atoms with Crippen molar-refractivity contribution in [1.29, 1.82) is 0 Å². The SMILES string of the molecule is O=C(OCc1ccccc1)C(F)(c1ccccc1)N(S(=O)(=O)c1ccccc1)S(=O)(=O)c1ccccc1. The fourth-order valence-corrected chi connectivity index (χ4v) is 7.57. The van der Waals surface area contributed by atoms with Crippen LogP contribution < -0.4 is 0 Å². The summed E-state index contributed by atoms with van der Waals surface area (Å²) >= 11 is 0. The summed E-state index contributed by atoms with van der Waals surface area (Å²) in [4.78, 5) is 12.4. The van der Waals surface area contributed by atoms with Crippen LogP contribution in [0, 0.1) is 0 Å². The third-order valence-electron chi connectivity index (χ3n) is 5.41. The number of benzene rings is 4. The molecule has 1 atom stereocenters. The fourth-order valence-electron chi connectivity index (χ4n) is 3.61. The third kappa shape index (κ3) is 5.17. The Bertz CT molecular complexity index is 1500. The largest absolute Gasteiger partial charge is 0.457 e. The molecule has 0 aromatic heterocycles. The Hall–Kier alpha value is -3.86. The summed E-state index contributed by atoms with van der Waals surface area (Å²) in [6, 6.07) is 27.7. The topological polar surface area (TPSA) is 97.8 Å². The highest BCUT2D eigenvalue weighted by Gasteiger charge is 2.60. The van der Waals surface area contributed by atoms with Crippen molar-refractivity contribution < 1.29 is 30.8 Å². The Morgan fingerprint density at radius 3 is 1.46 bits per heavy atom. The number of ether oxygens (including phenoxy) is 1. The van der Waals surface area contributed by atoms with Crippen LogP contribution in [0.2, 0.25) is 0 Å². The van der Waals surface area contributed by atoms with Gasteiger partial charge in [0.15, 0.2) is 0 Å². The molecule has 0 amide bonds. The Kier molecular flexibility index (Phi) is 7.53. The monoisotopic (exact) mass is 539 g/mol. The van der Waals surface area contributed by atoms with E-state index in [1.54, 1.807) is 30.3 Å². The van der Waals surface area contributed by atoms with E-state index in [9.17, 15) is 21.6 Å². The molecule has 1 unspecified atom stereocenters. The van der Waals surface area contributed by atoms with E-state index in [2.05, 4.69) is 0 Å². The summed E-state index contributed by atoms with van der Waals surface area (Å²) < 4.78 is 77.6. The van der Waals surface area contributed by atoms with Gasteiger partial charge in [0, 0.05) is 5.56 Å². The van der Waals surface area contributed by atoms with Crippen LogP contribution in [0.1, 0.15) is 11.1 Å². The first kappa shape index (κ1) is 26.2. The summed E-state index contributed by atoms with van der Waals surface area (Å²) in [6.45, 7) is -0.414. The van der Waals surface area contributed by atoms with E-state index in [-0.39, 0.29) is 3.71 Å². The lowest BCUT2D eigenvalue weighted by Gasteiger charge is -2.34. The highest BCUT2D eigenvalue weighted by molar-refractivity contribution is 8.04. The molecule has 37 heavy (non-hydrogen) atoms. The third-order valence-corrected chi connectivity index (χ3v) is 9.70. The minimum Gasteiger partial charge on any atom is -0.457 e. The van der Waals surface area contributed by atoms with Crippen molar-refractivity contribution in [3.63, 3.8) is 0 Å². The maximum absolute atomic E-state index is 17.3. The maximum atomic E-state index is 17.3. The molecule has 0 saturated heterocycles. The summed E-state index contributed by atoms with van der Waals surface area (Å²) in [5.74, 6) is -5.49. The van der Waals surface area contributed by atoms with E-state index >= 15 is 4.39 Å².